The van der Waals surface area contributed by atoms with Crippen molar-refractivity contribution in [2.45, 2.75) is 25.9 Å². The molecule has 7 heteroatoms. The molecule has 22 heavy (non-hydrogen) atoms. The van der Waals surface area contributed by atoms with E-state index in [1.165, 1.54) is 5.69 Å². The Hall–Kier alpha value is -1.34. The molecule has 1 aromatic carbocycles. The van der Waals surface area contributed by atoms with E-state index in [0.717, 1.165) is 18.8 Å². The van der Waals surface area contributed by atoms with Gasteiger partial charge in [-0.3, -0.25) is 0 Å². The van der Waals surface area contributed by atoms with E-state index in [1.807, 2.05) is 17.0 Å². The molecule has 3 rings (SSSR count). The molecular weight excluding hydrogens is 318 g/mol. The van der Waals surface area contributed by atoms with Gasteiger partial charge >= 0.3 is 0 Å². The van der Waals surface area contributed by atoms with Crippen LogP contribution in [0.4, 0.5) is 11.4 Å². The number of benzene rings is 1. The van der Waals surface area contributed by atoms with E-state index in [0.29, 0.717) is 5.11 Å². The van der Waals surface area contributed by atoms with Crippen molar-refractivity contribution < 1.29 is 8.42 Å². The highest BCUT2D eigenvalue weighted by Gasteiger charge is 2.47. The van der Waals surface area contributed by atoms with Crippen molar-refractivity contribution in [2.24, 2.45) is 0 Å². The first kappa shape index (κ1) is 15.6. The van der Waals surface area contributed by atoms with Crippen molar-refractivity contribution in [1.29, 1.82) is 0 Å². The predicted octanol–water partition coefficient (Wildman–Crippen LogP) is 1.39. The van der Waals surface area contributed by atoms with Gasteiger partial charge in [-0.15, -0.1) is 0 Å². The Morgan fingerprint density at radius 2 is 1.86 bits per heavy atom. The molecule has 0 bridgehead atoms. The maximum absolute atomic E-state index is 11.8. The summed E-state index contributed by atoms with van der Waals surface area (Å²) in [6, 6.07) is 8.02. The maximum Gasteiger partial charge on any atom is 0.174 e. The van der Waals surface area contributed by atoms with Crippen LogP contribution < -0.4 is 15.1 Å². The largest absolute Gasteiger partial charge is 0.372 e. The fourth-order valence-electron chi connectivity index (χ4n) is 3.32. The number of fused-ring (bicyclic) bond motifs is 1. The summed E-state index contributed by atoms with van der Waals surface area (Å²) in [6.45, 7) is 6.18. The molecule has 1 N–H and O–H groups in total. The Kier molecular flexibility index (Phi) is 4.03. The Bertz CT molecular complexity index is 669. The normalized spacial score (nSPS) is 25.9. The maximum atomic E-state index is 11.8. The second-order valence-electron chi connectivity index (χ2n) is 5.76. The van der Waals surface area contributed by atoms with Crippen molar-refractivity contribution >= 4 is 38.5 Å². The van der Waals surface area contributed by atoms with Crippen LogP contribution in [-0.2, 0) is 9.84 Å². The summed E-state index contributed by atoms with van der Waals surface area (Å²) < 4.78 is 23.7. The van der Waals surface area contributed by atoms with Crippen LogP contribution in [0.25, 0.3) is 0 Å². The second kappa shape index (κ2) is 5.70. The standard InChI is InChI=1S/C15H21N3O2S2/c1-3-17(4-2)11-5-7-12(8-6-11)18-14-10-22(19,20)9-13(14)16-15(18)21/h5-8,13-14H,3-4,9-10H2,1-2H3,(H,16,21)/t13-,14-/m1/s1. The molecule has 0 saturated carbocycles. The first-order valence-corrected chi connectivity index (χ1v) is 9.83. The molecule has 0 unspecified atom stereocenters. The van der Waals surface area contributed by atoms with Crippen molar-refractivity contribution in [3.63, 3.8) is 0 Å². The minimum atomic E-state index is -2.97. The van der Waals surface area contributed by atoms with E-state index < -0.39 is 9.84 Å². The van der Waals surface area contributed by atoms with Gasteiger partial charge in [-0.2, -0.15) is 0 Å². The molecule has 2 saturated heterocycles. The van der Waals surface area contributed by atoms with Crippen molar-refractivity contribution in [3.05, 3.63) is 24.3 Å². The van der Waals surface area contributed by atoms with Gasteiger partial charge in [0.15, 0.2) is 14.9 Å². The Labute approximate surface area is 137 Å². The monoisotopic (exact) mass is 339 g/mol. The molecule has 2 aliphatic heterocycles. The third-order valence-electron chi connectivity index (χ3n) is 4.44. The van der Waals surface area contributed by atoms with E-state index in [-0.39, 0.29) is 23.6 Å². The summed E-state index contributed by atoms with van der Waals surface area (Å²) in [6.07, 6.45) is 0. The molecular formula is C15H21N3O2S2. The lowest BCUT2D eigenvalue weighted by atomic mass is 10.1. The zero-order chi connectivity index (χ0) is 15.9. The second-order valence-corrected chi connectivity index (χ2v) is 8.30. The highest BCUT2D eigenvalue weighted by Crippen LogP contribution is 2.30. The number of rotatable bonds is 4. The number of nitrogens with one attached hydrogen (secondary N) is 1. The summed E-state index contributed by atoms with van der Waals surface area (Å²) in [7, 11) is -2.97. The van der Waals surface area contributed by atoms with Gasteiger partial charge in [-0.25, -0.2) is 8.42 Å². The van der Waals surface area contributed by atoms with Gasteiger partial charge in [0.25, 0.3) is 0 Å². The molecule has 0 aliphatic carbocycles. The van der Waals surface area contributed by atoms with Crippen LogP contribution in [0.2, 0.25) is 0 Å². The first-order chi connectivity index (χ1) is 10.4. The Morgan fingerprint density at radius 3 is 2.45 bits per heavy atom. The summed E-state index contributed by atoms with van der Waals surface area (Å²) in [5, 5.41) is 3.77. The van der Waals surface area contributed by atoms with Crippen LogP contribution in [0.3, 0.4) is 0 Å². The average Bonchev–Trinajstić information content (AvgIpc) is 2.91. The van der Waals surface area contributed by atoms with Crippen LogP contribution >= 0.6 is 12.2 Å². The molecule has 0 radical (unpaired) electrons. The minimum absolute atomic E-state index is 0.0834. The van der Waals surface area contributed by atoms with Gasteiger partial charge in [0, 0.05) is 24.5 Å². The lowest BCUT2D eigenvalue weighted by molar-refractivity contribution is 0.600. The molecule has 2 aliphatic rings. The van der Waals surface area contributed by atoms with Gasteiger partial charge < -0.3 is 15.1 Å². The van der Waals surface area contributed by atoms with Gasteiger partial charge in [0.2, 0.25) is 0 Å². The summed E-state index contributed by atoms with van der Waals surface area (Å²) in [5.74, 6) is 0.342. The predicted molar refractivity (Wildman–Crippen MR) is 94.4 cm³/mol. The van der Waals surface area contributed by atoms with Crippen LogP contribution in [-0.4, -0.2) is 50.2 Å². The van der Waals surface area contributed by atoms with E-state index >= 15 is 0 Å². The van der Waals surface area contributed by atoms with Crippen LogP contribution in [0, 0.1) is 0 Å². The zero-order valence-electron chi connectivity index (χ0n) is 12.8. The minimum Gasteiger partial charge on any atom is -0.372 e. The molecule has 0 spiro atoms. The van der Waals surface area contributed by atoms with Gasteiger partial charge in [-0.05, 0) is 50.3 Å². The van der Waals surface area contributed by atoms with E-state index in [2.05, 4.69) is 36.2 Å². The topological polar surface area (TPSA) is 52.6 Å². The number of hydrogen-bond acceptors (Lipinski definition) is 4. The van der Waals surface area contributed by atoms with Crippen molar-refractivity contribution in [2.75, 3.05) is 34.4 Å². The van der Waals surface area contributed by atoms with E-state index in [1.54, 1.807) is 0 Å². The Balaban J connectivity index is 1.86. The molecule has 2 fully saturated rings. The van der Waals surface area contributed by atoms with Gasteiger partial charge in [0.05, 0.1) is 23.6 Å². The van der Waals surface area contributed by atoms with E-state index in [4.69, 9.17) is 12.2 Å². The van der Waals surface area contributed by atoms with Gasteiger partial charge in [0.1, 0.15) is 0 Å². The van der Waals surface area contributed by atoms with Crippen molar-refractivity contribution in [1.82, 2.24) is 5.32 Å². The lowest BCUT2D eigenvalue weighted by Crippen LogP contribution is -2.36. The number of hydrogen-bond donors (Lipinski definition) is 1. The summed E-state index contributed by atoms with van der Waals surface area (Å²) in [4.78, 5) is 4.23. The van der Waals surface area contributed by atoms with Crippen LogP contribution in [0.1, 0.15) is 13.8 Å². The smallest absolute Gasteiger partial charge is 0.174 e. The van der Waals surface area contributed by atoms with Crippen LogP contribution in [0.5, 0.6) is 0 Å². The fraction of sp³-hybridized carbons (Fsp3) is 0.533. The third kappa shape index (κ3) is 2.67. The quantitative estimate of drug-likeness (QED) is 0.837. The van der Waals surface area contributed by atoms with Gasteiger partial charge in [-0.1, -0.05) is 0 Å². The highest BCUT2D eigenvalue weighted by atomic mass is 32.2. The van der Waals surface area contributed by atoms with E-state index in [9.17, 15) is 8.42 Å². The molecule has 1 aromatic rings. The molecule has 0 aromatic heterocycles. The number of anilines is 2. The number of sulfone groups is 1. The molecule has 5 nitrogen and oxygen atoms in total. The van der Waals surface area contributed by atoms with Crippen molar-refractivity contribution in [3.8, 4) is 0 Å². The molecule has 0 amide bonds. The molecule has 2 heterocycles. The fourth-order valence-corrected chi connectivity index (χ4v) is 5.60. The lowest BCUT2D eigenvalue weighted by Gasteiger charge is -2.25. The molecule has 2 atom stereocenters. The summed E-state index contributed by atoms with van der Waals surface area (Å²) >= 11 is 5.39. The highest BCUT2D eigenvalue weighted by molar-refractivity contribution is 7.91. The average molecular weight is 339 g/mol. The SMILES string of the molecule is CCN(CC)c1ccc(N2C(=S)N[C@@H]3CS(=O)(=O)C[C@H]32)cc1. The number of nitrogens with zero attached hydrogens (tertiary/aromatic N) is 2. The summed E-state index contributed by atoms with van der Waals surface area (Å²) in [5.41, 5.74) is 2.13. The van der Waals surface area contributed by atoms with Crippen LogP contribution in [0.15, 0.2) is 24.3 Å². The zero-order valence-corrected chi connectivity index (χ0v) is 14.5. The first-order valence-electron chi connectivity index (χ1n) is 7.60. The number of thiocarbonyl (C=S) groups is 1. The third-order valence-corrected chi connectivity index (χ3v) is 6.47. The Morgan fingerprint density at radius 1 is 1.23 bits per heavy atom. The molecule has 120 valence electrons.